The van der Waals surface area contributed by atoms with E-state index < -0.39 is 22.2 Å². The maximum Gasteiger partial charge on any atom is 0.297 e. The third kappa shape index (κ3) is 3.90. The molecule has 0 radical (unpaired) electrons. The van der Waals surface area contributed by atoms with Gasteiger partial charge in [-0.3, -0.25) is 9.68 Å². The standard InChI is InChI=1S/C12H10Cl2N4O7/c1-23-12(25-18(21)22,9-3-2-8(13)6-10(9)14)11(24-17(19)20)16-5-4-15-7-16/h2-7,11H,1H3. The van der Waals surface area contributed by atoms with E-state index in [-0.39, 0.29) is 15.6 Å². The Balaban J connectivity index is 2.70. The van der Waals surface area contributed by atoms with E-state index in [0.717, 1.165) is 18.0 Å². The Kier molecular flexibility index (Phi) is 5.62. The third-order valence-corrected chi connectivity index (χ3v) is 3.67. The maximum absolute atomic E-state index is 11.1. The Morgan fingerprint density at radius 3 is 2.48 bits per heavy atom. The van der Waals surface area contributed by atoms with Gasteiger partial charge in [-0.2, -0.15) is 0 Å². The van der Waals surface area contributed by atoms with Crippen molar-refractivity contribution in [2.75, 3.05) is 7.11 Å². The zero-order chi connectivity index (χ0) is 18.6. The second-order valence-corrected chi connectivity index (χ2v) is 5.35. The average molecular weight is 393 g/mol. The van der Waals surface area contributed by atoms with Gasteiger partial charge in [-0.05, 0) is 12.1 Å². The van der Waals surface area contributed by atoms with Gasteiger partial charge >= 0.3 is 0 Å². The van der Waals surface area contributed by atoms with Gasteiger partial charge in [-0.25, -0.2) is 4.98 Å². The van der Waals surface area contributed by atoms with Crippen LogP contribution >= 0.6 is 23.2 Å². The second-order valence-electron chi connectivity index (χ2n) is 4.50. The van der Waals surface area contributed by atoms with Gasteiger partial charge in [0.05, 0.1) is 11.3 Å². The van der Waals surface area contributed by atoms with Gasteiger partial charge < -0.3 is 9.30 Å². The van der Waals surface area contributed by atoms with Crippen molar-refractivity contribution in [2.24, 2.45) is 0 Å². The smallest absolute Gasteiger partial charge is 0.297 e. The molecule has 0 bridgehead atoms. The number of ether oxygens (including phenoxy) is 1. The Hall–Kier alpha value is -2.63. The van der Waals surface area contributed by atoms with Crippen molar-refractivity contribution in [1.29, 1.82) is 0 Å². The molecule has 0 aliphatic carbocycles. The molecule has 1 aromatic carbocycles. The molecule has 11 nitrogen and oxygen atoms in total. The number of hydrogen-bond donors (Lipinski definition) is 0. The molecule has 25 heavy (non-hydrogen) atoms. The first kappa shape index (κ1) is 18.7. The van der Waals surface area contributed by atoms with E-state index in [4.69, 9.17) is 27.9 Å². The number of hydrogen-bond acceptors (Lipinski definition) is 8. The quantitative estimate of drug-likeness (QED) is 0.380. The van der Waals surface area contributed by atoms with Gasteiger partial charge in [-0.1, -0.05) is 29.3 Å². The van der Waals surface area contributed by atoms with Crippen LogP contribution in [0, 0.1) is 20.2 Å². The molecule has 1 heterocycles. The highest BCUT2D eigenvalue weighted by molar-refractivity contribution is 6.35. The monoisotopic (exact) mass is 392 g/mol. The number of halogens is 2. The molecular formula is C12H10Cl2N4O7. The van der Waals surface area contributed by atoms with Gasteiger partial charge in [0, 0.05) is 30.1 Å². The second kappa shape index (κ2) is 7.51. The van der Waals surface area contributed by atoms with Crippen molar-refractivity contribution in [3.05, 3.63) is 72.8 Å². The van der Waals surface area contributed by atoms with Crippen LogP contribution in [0.2, 0.25) is 10.0 Å². The van der Waals surface area contributed by atoms with Crippen molar-refractivity contribution in [1.82, 2.24) is 9.55 Å². The lowest BCUT2D eigenvalue weighted by atomic mass is 10.0. The van der Waals surface area contributed by atoms with Gasteiger partial charge in [0.1, 0.15) is 0 Å². The normalized spacial score (nSPS) is 14.4. The predicted octanol–water partition coefficient (Wildman–Crippen LogP) is 2.60. The maximum atomic E-state index is 11.1. The molecule has 2 unspecified atom stereocenters. The first-order valence-electron chi connectivity index (χ1n) is 6.43. The summed E-state index contributed by atoms with van der Waals surface area (Å²) in [5, 5.41) is 19.8. The van der Waals surface area contributed by atoms with Crippen molar-refractivity contribution in [3.8, 4) is 0 Å². The number of methoxy groups -OCH3 is 1. The van der Waals surface area contributed by atoms with E-state index in [1.54, 1.807) is 0 Å². The Morgan fingerprint density at radius 1 is 1.28 bits per heavy atom. The van der Waals surface area contributed by atoms with E-state index >= 15 is 0 Å². The molecule has 0 aliphatic rings. The average Bonchev–Trinajstić information content (AvgIpc) is 3.04. The van der Waals surface area contributed by atoms with E-state index in [1.165, 1.54) is 30.6 Å². The van der Waals surface area contributed by atoms with Crippen LogP contribution < -0.4 is 0 Å². The molecular weight excluding hydrogens is 383 g/mol. The summed E-state index contributed by atoms with van der Waals surface area (Å²) >= 11 is 11.9. The molecule has 0 saturated heterocycles. The van der Waals surface area contributed by atoms with Crippen molar-refractivity contribution in [3.63, 3.8) is 0 Å². The van der Waals surface area contributed by atoms with E-state index in [0.29, 0.717) is 0 Å². The summed E-state index contributed by atoms with van der Waals surface area (Å²) in [5.41, 5.74) is -0.113. The summed E-state index contributed by atoms with van der Waals surface area (Å²) in [6, 6.07) is 3.90. The first-order valence-corrected chi connectivity index (χ1v) is 7.18. The number of imidazole rings is 1. The summed E-state index contributed by atoms with van der Waals surface area (Å²) < 4.78 is 6.23. The van der Waals surface area contributed by atoms with Gasteiger partial charge in [0.2, 0.25) is 6.23 Å². The number of aromatic nitrogens is 2. The molecule has 2 atom stereocenters. The van der Waals surface area contributed by atoms with E-state index in [2.05, 4.69) is 14.7 Å². The summed E-state index contributed by atoms with van der Waals surface area (Å²) in [5.74, 6) is -2.42. The third-order valence-electron chi connectivity index (χ3n) is 3.13. The molecule has 0 amide bonds. The minimum Gasteiger partial charge on any atom is -0.347 e. The Morgan fingerprint density at radius 2 is 2.00 bits per heavy atom. The highest BCUT2D eigenvalue weighted by Crippen LogP contribution is 2.42. The fourth-order valence-corrected chi connectivity index (χ4v) is 2.71. The van der Waals surface area contributed by atoms with Crippen LogP contribution in [0.3, 0.4) is 0 Å². The van der Waals surface area contributed by atoms with Gasteiger partial charge in [-0.15, -0.1) is 20.2 Å². The number of nitrogens with zero attached hydrogens (tertiary/aromatic N) is 4. The van der Waals surface area contributed by atoms with Crippen LogP contribution in [0.1, 0.15) is 11.8 Å². The van der Waals surface area contributed by atoms with Crippen LogP contribution in [0.25, 0.3) is 0 Å². The topological polar surface area (TPSA) is 132 Å². The molecule has 134 valence electrons. The lowest BCUT2D eigenvalue weighted by molar-refractivity contribution is -0.834. The molecule has 0 N–H and O–H groups in total. The minimum atomic E-state index is -2.42. The molecule has 13 heteroatoms. The van der Waals surface area contributed by atoms with Crippen molar-refractivity contribution >= 4 is 23.2 Å². The molecule has 0 fully saturated rings. The van der Waals surface area contributed by atoms with Gasteiger partial charge in [0.15, 0.2) is 0 Å². The number of rotatable bonds is 8. The fourth-order valence-electron chi connectivity index (χ4n) is 2.17. The largest absolute Gasteiger partial charge is 0.347 e. The van der Waals surface area contributed by atoms with E-state index in [9.17, 15) is 20.2 Å². The van der Waals surface area contributed by atoms with Crippen LogP contribution in [0.15, 0.2) is 36.9 Å². The highest BCUT2D eigenvalue weighted by atomic mass is 35.5. The molecule has 0 aliphatic heterocycles. The molecule has 0 saturated carbocycles. The highest BCUT2D eigenvalue weighted by Gasteiger charge is 2.50. The lowest BCUT2D eigenvalue weighted by Gasteiger charge is -2.36. The minimum absolute atomic E-state index is 0.0896. The number of benzene rings is 1. The molecule has 0 spiro atoms. The zero-order valence-corrected chi connectivity index (χ0v) is 14.0. The predicted molar refractivity (Wildman–Crippen MR) is 82.6 cm³/mol. The van der Waals surface area contributed by atoms with Gasteiger partial charge in [0.25, 0.3) is 16.0 Å². The molecule has 2 rings (SSSR count). The van der Waals surface area contributed by atoms with Crippen molar-refractivity contribution in [2.45, 2.75) is 12.0 Å². The van der Waals surface area contributed by atoms with Crippen LogP contribution in [0.5, 0.6) is 0 Å². The summed E-state index contributed by atoms with van der Waals surface area (Å²) in [4.78, 5) is 35.0. The molecule has 2 aromatic rings. The summed E-state index contributed by atoms with van der Waals surface area (Å²) in [6.07, 6.45) is 1.91. The van der Waals surface area contributed by atoms with Crippen LogP contribution in [0.4, 0.5) is 0 Å². The zero-order valence-electron chi connectivity index (χ0n) is 12.4. The van der Waals surface area contributed by atoms with E-state index in [1.807, 2.05) is 0 Å². The summed E-state index contributed by atoms with van der Waals surface area (Å²) in [7, 11) is 1.04. The van der Waals surface area contributed by atoms with Crippen molar-refractivity contribution < 1.29 is 24.6 Å². The van der Waals surface area contributed by atoms with Crippen LogP contribution in [-0.2, 0) is 20.2 Å². The Bertz CT molecular complexity index is 773. The summed E-state index contributed by atoms with van der Waals surface area (Å²) in [6.45, 7) is 0. The fraction of sp³-hybridized carbons (Fsp3) is 0.250. The molecule has 1 aromatic heterocycles. The first-order chi connectivity index (χ1) is 11.8. The SMILES string of the molecule is COC(O[N+](=O)[O-])(c1ccc(Cl)cc1Cl)C(O[N+](=O)[O-])n1ccnc1. The van der Waals surface area contributed by atoms with Crippen LogP contribution in [-0.4, -0.2) is 26.8 Å². The lowest BCUT2D eigenvalue weighted by Crippen LogP contribution is -2.45. The Labute approximate surface area is 149 Å².